The molecular formula is C12H18FNO. The summed E-state index contributed by atoms with van der Waals surface area (Å²) >= 11 is 0. The van der Waals surface area contributed by atoms with Crippen molar-refractivity contribution in [3.05, 3.63) is 29.6 Å². The van der Waals surface area contributed by atoms with Crippen LogP contribution in [0.15, 0.2) is 18.2 Å². The van der Waals surface area contributed by atoms with E-state index in [4.69, 9.17) is 10.8 Å². The molecule has 1 atom stereocenters. The zero-order chi connectivity index (χ0) is 11.4. The Labute approximate surface area is 89.9 Å². The molecule has 0 spiro atoms. The van der Waals surface area contributed by atoms with E-state index in [1.807, 2.05) is 0 Å². The summed E-state index contributed by atoms with van der Waals surface area (Å²) in [6.07, 6.45) is 1.85. The third-order valence-electron chi connectivity index (χ3n) is 2.45. The second-order valence-electron chi connectivity index (χ2n) is 4.29. The number of halogens is 1. The predicted molar refractivity (Wildman–Crippen MR) is 59.1 cm³/mol. The molecule has 0 bridgehead atoms. The second kappa shape index (κ2) is 5.12. The molecule has 0 aliphatic carbocycles. The molecule has 0 unspecified atom stereocenters. The fourth-order valence-electron chi connectivity index (χ4n) is 1.43. The van der Waals surface area contributed by atoms with Crippen LogP contribution in [0.25, 0.3) is 0 Å². The van der Waals surface area contributed by atoms with Gasteiger partial charge in [0.2, 0.25) is 0 Å². The first kappa shape index (κ1) is 12.0. The smallest absolute Gasteiger partial charge is 0.165 e. The molecule has 0 saturated carbocycles. The van der Waals surface area contributed by atoms with E-state index < -0.39 is 5.82 Å². The Bertz CT molecular complexity index is 325. The number of aromatic hydroxyl groups is 1. The summed E-state index contributed by atoms with van der Waals surface area (Å²) in [7, 11) is 0. The molecule has 2 nitrogen and oxygen atoms in total. The summed E-state index contributed by atoms with van der Waals surface area (Å²) in [6.45, 7) is 4.26. The molecule has 0 amide bonds. The van der Waals surface area contributed by atoms with Crippen molar-refractivity contribution >= 4 is 0 Å². The SMILES string of the molecule is CC(C)CC[C@@H](N)c1ccc(O)c(F)c1. The molecule has 1 aromatic rings. The van der Waals surface area contributed by atoms with E-state index in [1.54, 1.807) is 6.07 Å². The van der Waals surface area contributed by atoms with Crippen molar-refractivity contribution in [2.45, 2.75) is 32.7 Å². The maximum absolute atomic E-state index is 13.0. The predicted octanol–water partition coefficient (Wildman–Crippen LogP) is 2.97. The lowest BCUT2D eigenvalue weighted by Gasteiger charge is -2.13. The first-order chi connectivity index (χ1) is 7.00. The van der Waals surface area contributed by atoms with Gasteiger partial charge in [-0.3, -0.25) is 0 Å². The van der Waals surface area contributed by atoms with Crippen molar-refractivity contribution in [2.24, 2.45) is 11.7 Å². The fourth-order valence-corrected chi connectivity index (χ4v) is 1.43. The van der Waals surface area contributed by atoms with Crippen LogP contribution in [0.5, 0.6) is 5.75 Å². The van der Waals surface area contributed by atoms with Gasteiger partial charge >= 0.3 is 0 Å². The largest absolute Gasteiger partial charge is 0.505 e. The van der Waals surface area contributed by atoms with Gasteiger partial charge in [-0.05, 0) is 36.5 Å². The molecule has 3 N–H and O–H groups in total. The molecule has 0 heterocycles. The molecule has 0 saturated heterocycles. The van der Waals surface area contributed by atoms with Gasteiger partial charge in [0, 0.05) is 6.04 Å². The average Bonchev–Trinajstić information content (AvgIpc) is 2.18. The normalized spacial score (nSPS) is 13.1. The Kier molecular flexibility index (Phi) is 4.09. The molecular weight excluding hydrogens is 193 g/mol. The van der Waals surface area contributed by atoms with Gasteiger partial charge in [-0.15, -0.1) is 0 Å². The van der Waals surface area contributed by atoms with Gasteiger partial charge in [-0.1, -0.05) is 19.9 Å². The number of phenols is 1. The van der Waals surface area contributed by atoms with Gasteiger partial charge in [-0.2, -0.15) is 0 Å². The van der Waals surface area contributed by atoms with E-state index in [1.165, 1.54) is 12.1 Å². The summed E-state index contributed by atoms with van der Waals surface area (Å²) in [4.78, 5) is 0. The first-order valence-electron chi connectivity index (χ1n) is 5.24. The lowest BCUT2D eigenvalue weighted by atomic mass is 9.98. The van der Waals surface area contributed by atoms with Crippen molar-refractivity contribution < 1.29 is 9.50 Å². The molecule has 15 heavy (non-hydrogen) atoms. The highest BCUT2D eigenvalue weighted by atomic mass is 19.1. The van der Waals surface area contributed by atoms with E-state index >= 15 is 0 Å². The number of hydrogen-bond acceptors (Lipinski definition) is 2. The molecule has 1 rings (SSSR count). The summed E-state index contributed by atoms with van der Waals surface area (Å²) in [5.41, 5.74) is 6.66. The lowest BCUT2D eigenvalue weighted by molar-refractivity contribution is 0.430. The van der Waals surface area contributed by atoms with E-state index in [0.29, 0.717) is 5.92 Å². The van der Waals surface area contributed by atoms with E-state index in [2.05, 4.69) is 13.8 Å². The Morgan fingerprint density at radius 2 is 2.00 bits per heavy atom. The van der Waals surface area contributed by atoms with Crippen LogP contribution in [0.1, 0.15) is 38.3 Å². The Morgan fingerprint density at radius 3 is 2.53 bits per heavy atom. The highest BCUT2D eigenvalue weighted by Gasteiger charge is 2.09. The van der Waals surface area contributed by atoms with Gasteiger partial charge in [-0.25, -0.2) is 4.39 Å². The minimum Gasteiger partial charge on any atom is -0.505 e. The number of rotatable bonds is 4. The summed E-state index contributed by atoms with van der Waals surface area (Å²) in [6, 6.07) is 4.17. The maximum Gasteiger partial charge on any atom is 0.165 e. The van der Waals surface area contributed by atoms with Crippen molar-refractivity contribution in [1.29, 1.82) is 0 Å². The van der Waals surface area contributed by atoms with Gasteiger partial charge in [0.15, 0.2) is 11.6 Å². The standard InChI is InChI=1S/C12H18FNO/c1-8(2)3-5-11(14)9-4-6-12(15)10(13)7-9/h4,6-8,11,15H,3,5,14H2,1-2H3/t11-/m1/s1. The third kappa shape index (κ3) is 3.51. The monoisotopic (exact) mass is 211 g/mol. The molecule has 0 aliphatic heterocycles. The van der Waals surface area contributed by atoms with Crippen LogP contribution < -0.4 is 5.73 Å². The molecule has 84 valence electrons. The van der Waals surface area contributed by atoms with Crippen molar-refractivity contribution in [1.82, 2.24) is 0 Å². The van der Waals surface area contributed by atoms with Crippen LogP contribution in [-0.2, 0) is 0 Å². The molecule has 1 aromatic carbocycles. The van der Waals surface area contributed by atoms with Crippen LogP contribution in [0.4, 0.5) is 4.39 Å². The van der Waals surface area contributed by atoms with Gasteiger partial charge in [0.1, 0.15) is 0 Å². The van der Waals surface area contributed by atoms with Gasteiger partial charge in [0.05, 0.1) is 0 Å². The first-order valence-corrected chi connectivity index (χ1v) is 5.24. The molecule has 0 radical (unpaired) electrons. The topological polar surface area (TPSA) is 46.2 Å². The minimum atomic E-state index is -0.604. The van der Waals surface area contributed by atoms with Crippen LogP contribution in [0.2, 0.25) is 0 Å². The minimum absolute atomic E-state index is 0.150. The summed E-state index contributed by atoms with van der Waals surface area (Å²) in [5, 5.41) is 9.03. The summed E-state index contributed by atoms with van der Waals surface area (Å²) < 4.78 is 13.0. The van der Waals surface area contributed by atoms with Crippen molar-refractivity contribution in [2.75, 3.05) is 0 Å². The quantitative estimate of drug-likeness (QED) is 0.804. The zero-order valence-electron chi connectivity index (χ0n) is 9.20. The van der Waals surface area contributed by atoms with Crippen LogP contribution in [-0.4, -0.2) is 5.11 Å². The van der Waals surface area contributed by atoms with E-state index in [-0.39, 0.29) is 11.8 Å². The molecule has 0 aliphatic rings. The van der Waals surface area contributed by atoms with Crippen molar-refractivity contribution in [3.63, 3.8) is 0 Å². The average molecular weight is 211 g/mol. The van der Waals surface area contributed by atoms with Crippen LogP contribution in [0.3, 0.4) is 0 Å². The molecule has 0 fully saturated rings. The van der Waals surface area contributed by atoms with Gasteiger partial charge in [0.25, 0.3) is 0 Å². The van der Waals surface area contributed by atoms with Gasteiger partial charge < -0.3 is 10.8 Å². The Balaban J connectivity index is 2.65. The number of nitrogens with two attached hydrogens (primary N) is 1. The van der Waals surface area contributed by atoms with Crippen LogP contribution >= 0.6 is 0 Å². The van der Waals surface area contributed by atoms with Crippen molar-refractivity contribution in [3.8, 4) is 5.75 Å². The van der Waals surface area contributed by atoms with E-state index in [0.717, 1.165) is 18.4 Å². The Hall–Kier alpha value is -1.09. The Morgan fingerprint density at radius 1 is 1.33 bits per heavy atom. The lowest BCUT2D eigenvalue weighted by Crippen LogP contribution is -2.11. The third-order valence-corrected chi connectivity index (χ3v) is 2.45. The number of benzene rings is 1. The zero-order valence-corrected chi connectivity index (χ0v) is 9.20. The number of phenolic OH excluding ortho intramolecular Hbond substituents is 1. The van der Waals surface area contributed by atoms with Crippen LogP contribution in [0, 0.1) is 11.7 Å². The fraction of sp³-hybridized carbons (Fsp3) is 0.500. The second-order valence-corrected chi connectivity index (χ2v) is 4.29. The highest BCUT2D eigenvalue weighted by molar-refractivity contribution is 5.29. The maximum atomic E-state index is 13.0. The summed E-state index contributed by atoms with van der Waals surface area (Å²) in [5.74, 6) is -0.333. The highest BCUT2D eigenvalue weighted by Crippen LogP contribution is 2.23. The molecule has 3 heteroatoms. The molecule has 0 aromatic heterocycles. The van der Waals surface area contributed by atoms with E-state index in [9.17, 15) is 4.39 Å². The number of hydrogen-bond donors (Lipinski definition) is 2.